The van der Waals surface area contributed by atoms with E-state index in [-0.39, 0.29) is 49.3 Å². The Hall–Kier alpha value is -0.365. The average molecular weight is 642 g/mol. The highest BCUT2D eigenvalue weighted by molar-refractivity contribution is 6.12. The summed E-state index contributed by atoms with van der Waals surface area (Å²) in [6.45, 7) is 5.01. The molecule has 6 aliphatic rings. The van der Waals surface area contributed by atoms with Gasteiger partial charge in [0.15, 0.2) is 11.9 Å². The van der Waals surface area contributed by atoms with Crippen molar-refractivity contribution in [2.24, 2.45) is 0 Å². The lowest BCUT2D eigenvalue weighted by Gasteiger charge is -2.35. The van der Waals surface area contributed by atoms with E-state index in [2.05, 4.69) is 4.74 Å². The van der Waals surface area contributed by atoms with Gasteiger partial charge in [-0.15, -0.1) is 0 Å². The monoisotopic (exact) mass is 642 g/mol. The zero-order chi connectivity index (χ0) is 33.7. The van der Waals surface area contributed by atoms with Crippen molar-refractivity contribution in [2.45, 2.75) is 104 Å². The third-order valence-electron chi connectivity index (χ3n) is 9.18. The van der Waals surface area contributed by atoms with Crippen molar-refractivity contribution in [1.82, 2.24) is 0 Å². The summed E-state index contributed by atoms with van der Waals surface area (Å²) in [6.07, 6.45) is -2.60. The third kappa shape index (κ3) is 6.91. The number of methoxy groups -OCH3 is 7. The molecule has 0 aliphatic carbocycles. The van der Waals surface area contributed by atoms with Crippen LogP contribution in [-0.4, -0.2) is 195 Å². The van der Waals surface area contributed by atoms with E-state index in [9.17, 15) is 5.11 Å². The summed E-state index contributed by atoms with van der Waals surface area (Å²) in [5.41, 5.74) is -2.05. The van der Waals surface area contributed by atoms with Crippen LogP contribution in [0.25, 0.3) is 0 Å². The molecule has 0 saturated carbocycles. The maximum atomic E-state index is 9.66. The van der Waals surface area contributed by atoms with Gasteiger partial charge in [0.1, 0.15) is 71.4 Å². The smallest absolute Gasteiger partial charge is 0.189 e. The molecule has 0 amide bonds. The lowest BCUT2D eigenvalue weighted by atomic mass is 9.89. The second-order valence-corrected chi connectivity index (χ2v) is 11.7. The molecule has 6 rings (SSSR count). The van der Waals surface area contributed by atoms with Gasteiger partial charge >= 0.3 is 0 Å². The minimum atomic E-state index is -1.04. The normalized spacial score (nSPS) is 47.4. The van der Waals surface area contributed by atoms with Gasteiger partial charge in [0, 0.05) is 74.9 Å². The molecule has 0 aromatic heterocycles. The molecule has 254 valence electrons. The van der Waals surface area contributed by atoms with E-state index in [0.717, 1.165) is 0 Å². The first-order valence-corrected chi connectivity index (χ1v) is 14.8. The van der Waals surface area contributed by atoms with Crippen LogP contribution in [0.4, 0.5) is 0 Å². The van der Waals surface area contributed by atoms with Crippen molar-refractivity contribution >= 4 is 23.5 Å². The van der Waals surface area contributed by atoms with Gasteiger partial charge in [0.2, 0.25) is 0 Å². The number of aliphatic hydroxyl groups excluding tert-OH is 1. The summed E-state index contributed by atoms with van der Waals surface area (Å²) in [4.78, 5) is 0. The summed E-state index contributed by atoms with van der Waals surface area (Å²) in [5, 5.41) is 9.66. The Balaban J connectivity index is 0.000000176. The summed E-state index contributed by atoms with van der Waals surface area (Å²) >= 11 is 0. The molecule has 15 atom stereocenters. The Morgan fingerprint density at radius 2 is 1.18 bits per heavy atom. The van der Waals surface area contributed by atoms with E-state index >= 15 is 0 Å². The molecule has 6 unspecified atom stereocenters. The van der Waals surface area contributed by atoms with Crippen molar-refractivity contribution in [2.75, 3.05) is 76.7 Å². The van der Waals surface area contributed by atoms with Gasteiger partial charge < -0.3 is 66.7 Å². The highest BCUT2D eigenvalue weighted by atomic mass is 16.7. The SMILES string of the molecule is COC.[B][C@@H]1O[C@@]2(C(C)OC)CO[C@H]1C2OC.[B][C@@H]1O[C@@]2(COC)C(C)O[C@H]1C2OC.[B][C@@H]1O[C@@]2(COC)C(O)O[C@H]1C2OC. The molecular formula is C28H49B3O14. The van der Waals surface area contributed by atoms with Crippen molar-refractivity contribution in [1.29, 1.82) is 0 Å². The largest absolute Gasteiger partial charge is 0.388 e. The molecule has 0 spiro atoms. The first-order valence-electron chi connectivity index (χ1n) is 14.8. The number of hydrogen-bond donors (Lipinski definition) is 1. The molecule has 6 saturated heterocycles. The van der Waals surface area contributed by atoms with Crippen LogP contribution in [0.5, 0.6) is 0 Å². The maximum Gasteiger partial charge on any atom is 0.189 e. The highest BCUT2D eigenvalue weighted by Crippen LogP contribution is 2.46. The van der Waals surface area contributed by atoms with Gasteiger partial charge in [-0.3, -0.25) is 0 Å². The molecule has 6 bridgehead atoms. The summed E-state index contributed by atoms with van der Waals surface area (Å²) in [7, 11) is 30.1. The van der Waals surface area contributed by atoms with Crippen LogP contribution in [0.15, 0.2) is 0 Å². The average Bonchev–Trinajstić information content (AvgIpc) is 3.78. The third-order valence-corrected chi connectivity index (χ3v) is 9.18. The van der Waals surface area contributed by atoms with Crippen molar-refractivity contribution in [3.8, 4) is 0 Å². The Morgan fingerprint density at radius 3 is 1.67 bits per heavy atom. The van der Waals surface area contributed by atoms with Gasteiger partial charge in [-0.25, -0.2) is 0 Å². The Kier molecular flexibility index (Phi) is 14.2. The predicted molar refractivity (Wildman–Crippen MR) is 161 cm³/mol. The molecule has 0 aromatic rings. The van der Waals surface area contributed by atoms with E-state index in [1.165, 1.54) is 14.2 Å². The molecule has 6 heterocycles. The van der Waals surface area contributed by atoms with Gasteiger partial charge in [-0.05, 0) is 13.8 Å². The van der Waals surface area contributed by atoms with Gasteiger partial charge in [0.25, 0.3) is 0 Å². The Morgan fingerprint density at radius 1 is 0.711 bits per heavy atom. The Bertz CT molecular complexity index is 853. The van der Waals surface area contributed by atoms with E-state index < -0.39 is 47.2 Å². The number of fused-ring (bicyclic) bond motifs is 6. The molecule has 6 aliphatic heterocycles. The molecule has 6 fully saturated rings. The minimum Gasteiger partial charge on any atom is -0.388 e. The highest BCUT2D eigenvalue weighted by Gasteiger charge is 2.66. The van der Waals surface area contributed by atoms with Crippen LogP contribution in [0.2, 0.25) is 0 Å². The number of aliphatic hydroxyl groups is 1. The zero-order valence-corrected chi connectivity index (χ0v) is 28.0. The fourth-order valence-electron chi connectivity index (χ4n) is 6.99. The fourth-order valence-corrected chi connectivity index (χ4v) is 6.99. The standard InChI is InChI=1S/2C9H15BO4.C8H13BO5.C2H6O/c1-5(11-2)9-4-13-6(7(9)12-3)8(10)14-9;1-5-9(4-11-2)7(12-3)6(13-5)8(10)14-9;1-11-3-8-5(12-2)4(6(9)14-8)13-7(8)10;1-3-2/h2*5-8H,4H2,1-3H3;4-7,10H,3H2,1-2H3;1-2H3/t5?,6-,7?,8+,9+;5?,6-,7?,8+,9-;4-,5?,6+,7?,8+;/m000./s1. The summed E-state index contributed by atoms with van der Waals surface area (Å²) in [5.74, 6) is 0. The molecule has 6 radical (unpaired) electrons. The van der Waals surface area contributed by atoms with Gasteiger partial charge in [0.05, 0.1) is 32.0 Å². The maximum absolute atomic E-state index is 9.66. The van der Waals surface area contributed by atoms with Crippen molar-refractivity contribution in [3.63, 3.8) is 0 Å². The van der Waals surface area contributed by atoms with Crippen molar-refractivity contribution < 1.29 is 66.7 Å². The zero-order valence-electron chi connectivity index (χ0n) is 28.0. The lowest BCUT2D eigenvalue weighted by Crippen LogP contribution is -2.52. The first-order chi connectivity index (χ1) is 21.4. The molecular weight excluding hydrogens is 593 g/mol. The van der Waals surface area contributed by atoms with Crippen LogP contribution in [0, 0.1) is 0 Å². The van der Waals surface area contributed by atoms with Crippen LogP contribution in [-0.2, 0) is 61.6 Å². The summed E-state index contributed by atoms with van der Waals surface area (Å²) in [6, 6.07) is -1.39. The van der Waals surface area contributed by atoms with Crippen LogP contribution >= 0.6 is 0 Å². The second-order valence-electron chi connectivity index (χ2n) is 11.7. The quantitative estimate of drug-likeness (QED) is 0.286. The van der Waals surface area contributed by atoms with Crippen molar-refractivity contribution in [3.05, 3.63) is 0 Å². The van der Waals surface area contributed by atoms with E-state index in [1.54, 1.807) is 42.7 Å². The van der Waals surface area contributed by atoms with Crippen LogP contribution < -0.4 is 0 Å². The van der Waals surface area contributed by atoms with Crippen LogP contribution in [0.3, 0.4) is 0 Å². The van der Waals surface area contributed by atoms with E-state index in [4.69, 9.17) is 80.4 Å². The fraction of sp³-hybridized carbons (Fsp3) is 1.00. The number of hydrogen-bond acceptors (Lipinski definition) is 14. The Labute approximate surface area is 270 Å². The minimum absolute atomic E-state index is 0.0443. The predicted octanol–water partition coefficient (Wildman–Crippen LogP) is -1.71. The molecule has 14 nitrogen and oxygen atoms in total. The molecule has 45 heavy (non-hydrogen) atoms. The summed E-state index contributed by atoms with van der Waals surface area (Å²) < 4.78 is 69.0. The number of rotatable bonds is 9. The van der Waals surface area contributed by atoms with Crippen LogP contribution in [0.1, 0.15) is 13.8 Å². The van der Waals surface area contributed by atoms with Gasteiger partial charge in [-0.1, -0.05) is 0 Å². The van der Waals surface area contributed by atoms with E-state index in [0.29, 0.717) is 13.2 Å². The molecule has 0 aromatic carbocycles. The number of ether oxygens (including phenoxy) is 13. The molecule has 17 heteroatoms. The van der Waals surface area contributed by atoms with Gasteiger partial charge in [-0.2, -0.15) is 0 Å². The van der Waals surface area contributed by atoms with E-state index in [1.807, 2.05) is 13.8 Å². The molecule has 1 N–H and O–H groups in total. The first kappa shape index (κ1) is 39.1. The topological polar surface area (TPSA) is 140 Å². The second kappa shape index (κ2) is 16.4. The lowest BCUT2D eigenvalue weighted by molar-refractivity contribution is -0.255.